The lowest BCUT2D eigenvalue weighted by molar-refractivity contribution is -0.384. The van der Waals surface area contributed by atoms with Crippen LogP contribution >= 0.6 is 15.9 Å². The second-order valence-corrected chi connectivity index (χ2v) is 4.20. The highest BCUT2D eigenvalue weighted by molar-refractivity contribution is 9.08. The Morgan fingerprint density at radius 1 is 1.06 bits per heavy atom. The van der Waals surface area contributed by atoms with Crippen molar-refractivity contribution in [1.82, 2.24) is 0 Å². The first kappa shape index (κ1) is 11.8. The van der Waals surface area contributed by atoms with Crippen LogP contribution in [0.5, 0.6) is 0 Å². The van der Waals surface area contributed by atoms with Crippen LogP contribution in [0.1, 0.15) is 5.56 Å². The second kappa shape index (κ2) is 5.10. The molecule has 0 N–H and O–H groups in total. The van der Waals surface area contributed by atoms with E-state index in [0.29, 0.717) is 0 Å². The van der Waals surface area contributed by atoms with Gasteiger partial charge in [-0.2, -0.15) is 0 Å². The maximum Gasteiger partial charge on any atom is 0.270 e. The number of nitrogens with zero attached hydrogens (tertiary/aromatic N) is 1. The van der Waals surface area contributed by atoms with E-state index in [0.717, 1.165) is 16.5 Å². The van der Waals surface area contributed by atoms with E-state index in [-0.39, 0.29) is 10.6 Å². The van der Waals surface area contributed by atoms with E-state index >= 15 is 0 Å². The van der Waals surface area contributed by atoms with Crippen molar-refractivity contribution in [2.45, 2.75) is 5.33 Å². The number of rotatable bonds is 3. The molecule has 4 heteroatoms. The van der Waals surface area contributed by atoms with Crippen LogP contribution in [0.4, 0.5) is 5.69 Å². The van der Waals surface area contributed by atoms with Gasteiger partial charge in [0.1, 0.15) is 0 Å². The van der Waals surface area contributed by atoms with Gasteiger partial charge in [0.25, 0.3) is 5.69 Å². The average Bonchev–Trinajstić information content (AvgIpc) is 2.39. The average molecular weight is 292 g/mol. The molecule has 0 unspecified atom stereocenters. The van der Waals surface area contributed by atoms with E-state index in [1.807, 2.05) is 30.3 Å². The number of non-ortho nitro benzene ring substituents is 1. The molecule has 0 saturated carbocycles. The van der Waals surface area contributed by atoms with Gasteiger partial charge in [0, 0.05) is 17.5 Å². The van der Waals surface area contributed by atoms with E-state index in [1.165, 1.54) is 11.6 Å². The lowest BCUT2D eigenvalue weighted by Crippen LogP contribution is -1.88. The van der Waals surface area contributed by atoms with Gasteiger partial charge >= 0.3 is 0 Å². The molecule has 0 atom stereocenters. The SMILES string of the molecule is O=[N+]([O-])c1cccc(-c2ccc(CBr)cc2)c1. The van der Waals surface area contributed by atoms with Crippen LogP contribution in [0.2, 0.25) is 0 Å². The second-order valence-electron chi connectivity index (χ2n) is 3.64. The van der Waals surface area contributed by atoms with E-state index in [9.17, 15) is 10.1 Å². The quantitative estimate of drug-likeness (QED) is 0.484. The molecular weight excluding hydrogens is 282 g/mol. The van der Waals surface area contributed by atoms with Gasteiger partial charge in [0.05, 0.1) is 4.92 Å². The van der Waals surface area contributed by atoms with E-state index in [2.05, 4.69) is 15.9 Å². The summed E-state index contributed by atoms with van der Waals surface area (Å²) in [5, 5.41) is 11.5. The predicted octanol–water partition coefficient (Wildman–Crippen LogP) is 4.16. The molecule has 0 fully saturated rings. The summed E-state index contributed by atoms with van der Waals surface area (Å²) in [5.41, 5.74) is 3.14. The number of nitro benzene ring substituents is 1. The van der Waals surface area contributed by atoms with E-state index in [4.69, 9.17) is 0 Å². The fraction of sp³-hybridized carbons (Fsp3) is 0.0769. The van der Waals surface area contributed by atoms with Gasteiger partial charge in [-0.1, -0.05) is 52.3 Å². The minimum Gasteiger partial charge on any atom is -0.258 e. The Labute approximate surface area is 107 Å². The van der Waals surface area contributed by atoms with Crippen LogP contribution in [0.15, 0.2) is 48.5 Å². The van der Waals surface area contributed by atoms with Crippen LogP contribution < -0.4 is 0 Å². The third kappa shape index (κ3) is 2.71. The van der Waals surface area contributed by atoms with Gasteiger partial charge in [-0.05, 0) is 16.7 Å². The molecule has 0 heterocycles. The molecule has 2 rings (SSSR count). The Kier molecular flexibility index (Phi) is 3.54. The minimum absolute atomic E-state index is 0.118. The molecule has 2 aromatic rings. The van der Waals surface area contributed by atoms with Crippen molar-refractivity contribution >= 4 is 21.6 Å². The molecule has 2 aromatic carbocycles. The first-order valence-corrected chi connectivity index (χ1v) is 6.22. The smallest absolute Gasteiger partial charge is 0.258 e. The van der Waals surface area contributed by atoms with E-state index in [1.54, 1.807) is 12.1 Å². The highest BCUT2D eigenvalue weighted by Gasteiger charge is 2.06. The van der Waals surface area contributed by atoms with Crippen molar-refractivity contribution in [2.75, 3.05) is 0 Å². The summed E-state index contributed by atoms with van der Waals surface area (Å²) in [7, 11) is 0. The molecule has 86 valence electrons. The third-order valence-electron chi connectivity index (χ3n) is 2.50. The maximum atomic E-state index is 10.7. The summed E-state index contributed by atoms with van der Waals surface area (Å²) in [6.45, 7) is 0. The number of nitro groups is 1. The Morgan fingerprint density at radius 3 is 2.35 bits per heavy atom. The van der Waals surface area contributed by atoms with Crippen LogP contribution in [0, 0.1) is 10.1 Å². The summed E-state index contributed by atoms with van der Waals surface area (Å²) in [5.74, 6) is 0. The fourth-order valence-electron chi connectivity index (χ4n) is 1.59. The van der Waals surface area contributed by atoms with Crippen LogP contribution in [0.3, 0.4) is 0 Å². The molecule has 0 amide bonds. The van der Waals surface area contributed by atoms with Gasteiger partial charge in [0.15, 0.2) is 0 Å². The lowest BCUT2D eigenvalue weighted by atomic mass is 10.0. The Morgan fingerprint density at radius 2 is 1.76 bits per heavy atom. The van der Waals surface area contributed by atoms with Gasteiger partial charge in [-0.3, -0.25) is 10.1 Å². The number of hydrogen-bond acceptors (Lipinski definition) is 2. The molecular formula is C13H10BrNO2. The van der Waals surface area contributed by atoms with Crippen LogP contribution in [-0.4, -0.2) is 4.92 Å². The number of alkyl halides is 1. The molecule has 0 bridgehead atoms. The maximum absolute atomic E-state index is 10.7. The number of halogens is 1. The molecule has 0 radical (unpaired) electrons. The molecule has 3 nitrogen and oxygen atoms in total. The largest absolute Gasteiger partial charge is 0.270 e. The third-order valence-corrected chi connectivity index (χ3v) is 3.15. The monoisotopic (exact) mass is 291 g/mol. The highest BCUT2D eigenvalue weighted by Crippen LogP contribution is 2.24. The molecule has 0 aromatic heterocycles. The number of hydrogen-bond donors (Lipinski definition) is 0. The summed E-state index contributed by atoms with van der Waals surface area (Å²) in [4.78, 5) is 10.3. The van der Waals surface area contributed by atoms with Gasteiger partial charge in [-0.25, -0.2) is 0 Å². The summed E-state index contributed by atoms with van der Waals surface area (Å²) >= 11 is 3.38. The van der Waals surface area contributed by atoms with Crippen molar-refractivity contribution in [1.29, 1.82) is 0 Å². The predicted molar refractivity (Wildman–Crippen MR) is 71.2 cm³/mol. The van der Waals surface area contributed by atoms with Crippen molar-refractivity contribution in [2.24, 2.45) is 0 Å². The zero-order valence-electron chi connectivity index (χ0n) is 8.97. The minimum atomic E-state index is -0.379. The molecule has 17 heavy (non-hydrogen) atoms. The normalized spacial score (nSPS) is 10.2. The van der Waals surface area contributed by atoms with Crippen molar-refractivity contribution in [3.8, 4) is 11.1 Å². The van der Waals surface area contributed by atoms with Crippen molar-refractivity contribution in [3.05, 3.63) is 64.2 Å². The first-order valence-electron chi connectivity index (χ1n) is 5.10. The Balaban J connectivity index is 2.38. The Bertz CT molecular complexity index is 537. The zero-order valence-corrected chi connectivity index (χ0v) is 10.6. The fourth-order valence-corrected chi connectivity index (χ4v) is 1.96. The highest BCUT2D eigenvalue weighted by atomic mass is 79.9. The summed E-state index contributed by atoms with van der Waals surface area (Å²) in [6.07, 6.45) is 0. The topological polar surface area (TPSA) is 43.1 Å². The zero-order chi connectivity index (χ0) is 12.3. The summed E-state index contributed by atoms with van der Waals surface area (Å²) < 4.78 is 0. The van der Waals surface area contributed by atoms with Gasteiger partial charge < -0.3 is 0 Å². The standard InChI is InChI=1S/C13H10BrNO2/c14-9-10-4-6-11(7-5-10)12-2-1-3-13(8-12)15(16)17/h1-8H,9H2. The molecule has 0 spiro atoms. The van der Waals surface area contributed by atoms with Crippen LogP contribution in [-0.2, 0) is 5.33 Å². The van der Waals surface area contributed by atoms with Gasteiger partial charge in [-0.15, -0.1) is 0 Å². The van der Waals surface area contributed by atoms with Gasteiger partial charge in [0.2, 0.25) is 0 Å². The first-order chi connectivity index (χ1) is 8.20. The Hall–Kier alpha value is -1.68. The molecule has 0 aliphatic carbocycles. The molecule has 0 aliphatic heterocycles. The number of benzene rings is 2. The molecule has 0 aliphatic rings. The molecule has 0 saturated heterocycles. The van der Waals surface area contributed by atoms with Crippen molar-refractivity contribution < 1.29 is 4.92 Å². The summed E-state index contributed by atoms with van der Waals surface area (Å²) in [6, 6.07) is 14.6. The van der Waals surface area contributed by atoms with Crippen LogP contribution in [0.25, 0.3) is 11.1 Å². The van der Waals surface area contributed by atoms with Crippen molar-refractivity contribution in [3.63, 3.8) is 0 Å². The van der Waals surface area contributed by atoms with E-state index < -0.39 is 0 Å². The lowest BCUT2D eigenvalue weighted by Gasteiger charge is -2.02.